The number of aromatic nitrogens is 1. The summed E-state index contributed by atoms with van der Waals surface area (Å²) in [5, 5.41) is 2.49. The standard InChI is InChI=1S/C22H16F6N2O/c23-21(24,25)16-10-8-15(9-11-16)19(20-17(22(26,27)28)7-4-12-29-20)30-18(31)13-14-5-2-1-3-6-14/h1-12,19H,13H2,(H,30,31). The Kier molecular flexibility index (Phi) is 6.33. The second-order valence-corrected chi connectivity index (χ2v) is 6.72. The molecule has 1 N–H and O–H groups in total. The number of rotatable bonds is 5. The summed E-state index contributed by atoms with van der Waals surface area (Å²) in [6, 6.07) is 12.6. The van der Waals surface area contributed by atoms with Gasteiger partial charge in [-0.05, 0) is 35.4 Å². The lowest BCUT2D eigenvalue weighted by atomic mass is 9.97. The first-order chi connectivity index (χ1) is 14.6. The highest BCUT2D eigenvalue weighted by Crippen LogP contribution is 2.36. The number of nitrogens with zero attached hydrogens (tertiary/aromatic N) is 1. The number of pyridine rings is 1. The van der Waals surface area contributed by atoms with Crippen molar-refractivity contribution in [2.75, 3.05) is 0 Å². The Hall–Kier alpha value is -3.36. The highest BCUT2D eigenvalue weighted by atomic mass is 19.4. The summed E-state index contributed by atoms with van der Waals surface area (Å²) < 4.78 is 79.2. The largest absolute Gasteiger partial charge is 0.418 e. The Morgan fingerprint density at radius 2 is 1.48 bits per heavy atom. The van der Waals surface area contributed by atoms with E-state index >= 15 is 0 Å². The van der Waals surface area contributed by atoms with Gasteiger partial charge in [-0.25, -0.2) is 0 Å². The fraction of sp³-hybridized carbons (Fsp3) is 0.182. The molecule has 0 saturated heterocycles. The summed E-state index contributed by atoms with van der Waals surface area (Å²) >= 11 is 0. The molecule has 0 radical (unpaired) electrons. The number of carbonyl (C=O) groups is 1. The number of carbonyl (C=O) groups excluding carboxylic acids is 1. The first-order valence-electron chi connectivity index (χ1n) is 9.08. The second kappa shape index (κ2) is 8.79. The van der Waals surface area contributed by atoms with Crippen molar-refractivity contribution >= 4 is 5.91 Å². The number of alkyl halides is 6. The molecule has 1 aromatic heterocycles. The molecule has 3 aromatic rings. The van der Waals surface area contributed by atoms with E-state index in [0.717, 1.165) is 42.6 Å². The second-order valence-electron chi connectivity index (χ2n) is 6.72. The lowest BCUT2D eigenvalue weighted by Crippen LogP contribution is -2.32. The van der Waals surface area contributed by atoms with Gasteiger partial charge in [-0.15, -0.1) is 0 Å². The molecule has 2 aromatic carbocycles. The smallest absolute Gasteiger partial charge is 0.343 e. The van der Waals surface area contributed by atoms with Gasteiger partial charge in [-0.3, -0.25) is 9.78 Å². The van der Waals surface area contributed by atoms with Crippen LogP contribution >= 0.6 is 0 Å². The van der Waals surface area contributed by atoms with Crippen molar-refractivity contribution in [2.45, 2.75) is 24.8 Å². The Bertz CT molecular complexity index is 1030. The molecule has 162 valence electrons. The molecule has 0 aliphatic rings. The van der Waals surface area contributed by atoms with Crippen LogP contribution in [0.1, 0.15) is 34.0 Å². The van der Waals surface area contributed by atoms with Gasteiger partial charge in [0, 0.05) is 6.20 Å². The van der Waals surface area contributed by atoms with Crippen molar-refractivity contribution in [1.82, 2.24) is 10.3 Å². The van der Waals surface area contributed by atoms with Crippen LogP contribution in [0.25, 0.3) is 0 Å². The topological polar surface area (TPSA) is 42.0 Å². The van der Waals surface area contributed by atoms with Gasteiger partial charge in [-0.1, -0.05) is 42.5 Å². The van der Waals surface area contributed by atoms with Crippen LogP contribution in [0.3, 0.4) is 0 Å². The summed E-state index contributed by atoms with van der Waals surface area (Å²) in [4.78, 5) is 16.4. The Morgan fingerprint density at radius 3 is 2.06 bits per heavy atom. The molecule has 1 amide bonds. The molecule has 0 spiro atoms. The summed E-state index contributed by atoms with van der Waals surface area (Å²) in [7, 11) is 0. The third-order valence-electron chi connectivity index (χ3n) is 4.50. The summed E-state index contributed by atoms with van der Waals surface area (Å²) in [6.07, 6.45) is -8.36. The number of hydrogen-bond donors (Lipinski definition) is 1. The minimum absolute atomic E-state index is 0.0404. The highest BCUT2D eigenvalue weighted by molar-refractivity contribution is 5.79. The molecule has 0 saturated carbocycles. The Balaban J connectivity index is 2.00. The van der Waals surface area contributed by atoms with Crippen LogP contribution in [0, 0.1) is 0 Å². The average Bonchev–Trinajstić information content (AvgIpc) is 2.72. The van der Waals surface area contributed by atoms with E-state index in [1.54, 1.807) is 30.3 Å². The molecule has 1 heterocycles. The zero-order valence-corrected chi connectivity index (χ0v) is 15.8. The Labute approximate surface area is 173 Å². The molecule has 0 aliphatic carbocycles. The van der Waals surface area contributed by atoms with Gasteiger partial charge >= 0.3 is 12.4 Å². The van der Waals surface area contributed by atoms with Gasteiger partial charge in [0.25, 0.3) is 0 Å². The maximum absolute atomic E-state index is 13.5. The maximum Gasteiger partial charge on any atom is 0.418 e. The van der Waals surface area contributed by atoms with E-state index in [4.69, 9.17) is 0 Å². The molecule has 1 unspecified atom stereocenters. The molecule has 0 fully saturated rings. The minimum Gasteiger partial charge on any atom is -0.343 e. The van der Waals surface area contributed by atoms with Crippen molar-refractivity contribution in [3.8, 4) is 0 Å². The lowest BCUT2D eigenvalue weighted by Gasteiger charge is -2.23. The predicted molar refractivity (Wildman–Crippen MR) is 101 cm³/mol. The number of amides is 1. The van der Waals surface area contributed by atoms with Crippen LogP contribution in [-0.2, 0) is 23.6 Å². The molecular weight excluding hydrogens is 422 g/mol. The van der Waals surface area contributed by atoms with Crippen LogP contribution in [-0.4, -0.2) is 10.9 Å². The SMILES string of the molecule is O=C(Cc1ccccc1)NC(c1ccc(C(F)(F)F)cc1)c1ncccc1C(F)(F)F. The van der Waals surface area contributed by atoms with Crippen molar-refractivity contribution < 1.29 is 31.1 Å². The fourth-order valence-electron chi connectivity index (χ4n) is 3.05. The van der Waals surface area contributed by atoms with E-state index in [2.05, 4.69) is 10.3 Å². The van der Waals surface area contributed by atoms with E-state index < -0.39 is 41.1 Å². The molecule has 0 bridgehead atoms. The first kappa shape index (κ1) is 22.3. The van der Waals surface area contributed by atoms with Crippen LogP contribution in [0.4, 0.5) is 26.3 Å². The fourth-order valence-corrected chi connectivity index (χ4v) is 3.05. The highest BCUT2D eigenvalue weighted by Gasteiger charge is 2.37. The maximum atomic E-state index is 13.5. The zero-order valence-electron chi connectivity index (χ0n) is 15.8. The molecule has 3 nitrogen and oxygen atoms in total. The molecule has 9 heteroatoms. The van der Waals surface area contributed by atoms with E-state index in [0.29, 0.717) is 5.56 Å². The summed E-state index contributed by atoms with van der Waals surface area (Å²) in [5.41, 5.74) is -1.87. The normalized spacial score (nSPS) is 13.0. The van der Waals surface area contributed by atoms with Gasteiger partial charge in [0.2, 0.25) is 5.91 Å². The molecular formula is C22H16F6N2O. The van der Waals surface area contributed by atoms with E-state index in [1.165, 1.54) is 0 Å². The lowest BCUT2D eigenvalue weighted by molar-refractivity contribution is -0.139. The van der Waals surface area contributed by atoms with E-state index in [-0.39, 0.29) is 12.0 Å². The Morgan fingerprint density at radius 1 is 0.839 bits per heavy atom. The van der Waals surface area contributed by atoms with Crippen LogP contribution < -0.4 is 5.32 Å². The predicted octanol–water partition coefficient (Wildman–Crippen LogP) is 5.57. The van der Waals surface area contributed by atoms with Crippen molar-refractivity contribution in [3.05, 3.63) is 101 Å². The van der Waals surface area contributed by atoms with Crippen molar-refractivity contribution in [3.63, 3.8) is 0 Å². The quantitative estimate of drug-likeness (QED) is 0.530. The van der Waals surface area contributed by atoms with Gasteiger partial charge in [0.1, 0.15) is 0 Å². The van der Waals surface area contributed by atoms with Crippen molar-refractivity contribution in [1.29, 1.82) is 0 Å². The van der Waals surface area contributed by atoms with E-state index in [1.807, 2.05) is 0 Å². The summed E-state index contributed by atoms with van der Waals surface area (Å²) in [6.45, 7) is 0. The van der Waals surface area contributed by atoms with Crippen molar-refractivity contribution in [2.24, 2.45) is 0 Å². The summed E-state index contributed by atoms with van der Waals surface area (Å²) in [5.74, 6) is -0.602. The van der Waals surface area contributed by atoms with Gasteiger partial charge in [-0.2, -0.15) is 26.3 Å². The van der Waals surface area contributed by atoms with Crippen LogP contribution in [0.5, 0.6) is 0 Å². The average molecular weight is 438 g/mol. The minimum atomic E-state index is -4.77. The van der Waals surface area contributed by atoms with E-state index in [9.17, 15) is 31.1 Å². The molecule has 3 rings (SSSR count). The molecule has 31 heavy (non-hydrogen) atoms. The third kappa shape index (κ3) is 5.62. The van der Waals surface area contributed by atoms with Gasteiger partial charge < -0.3 is 5.32 Å². The van der Waals surface area contributed by atoms with Gasteiger partial charge in [0.15, 0.2) is 0 Å². The zero-order chi connectivity index (χ0) is 22.6. The first-order valence-corrected chi connectivity index (χ1v) is 9.08. The number of hydrogen-bond acceptors (Lipinski definition) is 2. The van der Waals surface area contributed by atoms with Crippen LogP contribution in [0.15, 0.2) is 72.9 Å². The number of nitrogens with one attached hydrogen (secondary N) is 1. The number of benzene rings is 2. The monoisotopic (exact) mass is 438 g/mol. The molecule has 0 aliphatic heterocycles. The number of halogens is 6. The van der Waals surface area contributed by atoms with Gasteiger partial charge in [0.05, 0.1) is 29.3 Å². The third-order valence-corrected chi connectivity index (χ3v) is 4.50. The van der Waals surface area contributed by atoms with Crippen LogP contribution in [0.2, 0.25) is 0 Å². The molecule has 1 atom stereocenters.